The Morgan fingerprint density at radius 2 is 2.06 bits per heavy atom. The molecular formula is C9H18N2O4S. The number of carbonyl (C=O) groups excluding carboxylic acids is 1. The molecule has 94 valence electrons. The van der Waals surface area contributed by atoms with Gasteiger partial charge < -0.3 is 21.3 Å². The summed E-state index contributed by atoms with van der Waals surface area (Å²) in [4.78, 5) is 22.1. The third kappa shape index (κ3) is 5.34. The molecule has 0 aliphatic rings. The number of carboxylic acid groups (broad SMARTS) is 1. The SMILES string of the molecule is CSCCC(N)C(=O)NC(C(=O)O)C(C)O. The van der Waals surface area contributed by atoms with Gasteiger partial charge in [0.1, 0.15) is 0 Å². The third-order valence-corrected chi connectivity index (χ3v) is 2.66. The van der Waals surface area contributed by atoms with Crippen molar-refractivity contribution in [3.05, 3.63) is 0 Å². The molecule has 0 rings (SSSR count). The highest BCUT2D eigenvalue weighted by Gasteiger charge is 2.26. The van der Waals surface area contributed by atoms with E-state index in [1.165, 1.54) is 6.92 Å². The van der Waals surface area contributed by atoms with Crippen LogP contribution in [0.2, 0.25) is 0 Å². The van der Waals surface area contributed by atoms with Crippen molar-refractivity contribution in [2.45, 2.75) is 31.5 Å². The molecule has 0 heterocycles. The Morgan fingerprint density at radius 1 is 1.50 bits per heavy atom. The summed E-state index contributed by atoms with van der Waals surface area (Å²) in [5.74, 6) is -1.11. The van der Waals surface area contributed by atoms with E-state index < -0.39 is 30.1 Å². The third-order valence-electron chi connectivity index (χ3n) is 2.02. The number of thioether (sulfide) groups is 1. The second-order valence-electron chi connectivity index (χ2n) is 3.45. The number of aliphatic hydroxyl groups excluding tert-OH is 1. The first kappa shape index (κ1) is 15.2. The van der Waals surface area contributed by atoms with E-state index in [4.69, 9.17) is 15.9 Å². The molecule has 0 saturated carbocycles. The molecule has 0 aliphatic heterocycles. The largest absolute Gasteiger partial charge is 0.480 e. The molecule has 0 aliphatic carbocycles. The molecule has 0 spiro atoms. The lowest BCUT2D eigenvalue weighted by Gasteiger charge is -2.19. The van der Waals surface area contributed by atoms with Crippen LogP contribution in [0.15, 0.2) is 0 Å². The second kappa shape index (κ2) is 7.48. The van der Waals surface area contributed by atoms with E-state index >= 15 is 0 Å². The van der Waals surface area contributed by atoms with Crippen molar-refractivity contribution in [2.75, 3.05) is 12.0 Å². The van der Waals surface area contributed by atoms with E-state index in [1.807, 2.05) is 6.26 Å². The summed E-state index contributed by atoms with van der Waals surface area (Å²) < 4.78 is 0. The minimum Gasteiger partial charge on any atom is -0.480 e. The molecule has 5 N–H and O–H groups in total. The lowest BCUT2D eigenvalue weighted by atomic mass is 10.1. The second-order valence-corrected chi connectivity index (χ2v) is 4.44. The Morgan fingerprint density at radius 3 is 2.44 bits per heavy atom. The highest BCUT2D eigenvalue weighted by molar-refractivity contribution is 7.98. The molecule has 3 atom stereocenters. The smallest absolute Gasteiger partial charge is 0.328 e. The van der Waals surface area contributed by atoms with E-state index in [2.05, 4.69) is 5.32 Å². The van der Waals surface area contributed by atoms with E-state index in [1.54, 1.807) is 11.8 Å². The highest BCUT2D eigenvalue weighted by Crippen LogP contribution is 2.00. The average Bonchev–Trinajstić information content (AvgIpc) is 2.20. The Balaban J connectivity index is 4.24. The van der Waals surface area contributed by atoms with Crippen molar-refractivity contribution in [3.8, 4) is 0 Å². The Labute approximate surface area is 98.6 Å². The molecular weight excluding hydrogens is 232 g/mol. The maximum absolute atomic E-state index is 11.4. The topological polar surface area (TPSA) is 113 Å². The molecule has 0 radical (unpaired) electrons. The standard InChI is InChI=1S/C9H18N2O4S/c1-5(12)7(9(14)15)11-8(13)6(10)3-4-16-2/h5-7,12H,3-4,10H2,1-2H3,(H,11,13)(H,14,15). The van der Waals surface area contributed by atoms with Crippen molar-refractivity contribution in [1.29, 1.82) is 0 Å². The van der Waals surface area contributed by atoms with Gasteiger partial charge in [-0.25, -0.2) is 4.79 Å². The number of aliphatic hydroxyl groups is 1. The van der Waals surface area contributed by atoms with Crippen LogP contribution < -0.4 is 11.1 Å². The summed E-state index contributed by atoms with van der Waals surface area (Å²) in [6.45, 7) is 1.30. The molecule has 0 saturated heterocycles. The summed E-state index contributed by atoms with van der Waals surface area (Å²) >= 11 is 1.55. The quantitative estimate of drug-likeness (QED) is 0.462. The fraction of sp³-hybridized carbons (Fsp3) is 0.778. The molecule has 0 aromatic rings. The molecule has 0 aromatic carbocycles. The summed E-state index contributed by atoms with van der Waals surface area (Å²) in [5.41, 5.74) is 5.55. The number of nitrogens with one attached hydrogen (secondary N) is 1. The Bertz CT molecular complexity index is 248. The van der Waals surface area contributed by atoms with Gasteiger partial charge in [-0.15, -0.1) is 0 Å². The zero-order valence-electron chi connectivity index (χ0n) is 9.34. The molecule has 1 amide bonds. The normalized spacial score (nSPS) is 16.2. The first-order chi connectivity index (χ1) is 7.40. The van der Waals surface area contributed by atoms with Crippen LogP contribution in [0.5, 0.6) is 0 Å². The number of carbonyl (C=O) groups is 2. The van der Waals surface area contributed by atoms with Gasteiger partial charge in [0.05, 0.1) is 12.1 Å². The van der Waals surface area contributed by atoms with Gasteiger partial charge in [-0.05, 0) is 25.4 Å². The van der Waals surface area contributed by atoms with Crippen LogP contribution in [0.1, 0.15) is 13.3 Å². The van der Waals surface area contributed by atoms with Crippen molar-refractivity contribution >= 4 is 23.6 Å². The van der Waals surface area contributed by atoms with E-state index in [0.29, 0.717) is 6.42 Å². The first-order valence-electron chi connectivity index (χ1n) is 4.86. The van der Waals surface area contributed by atoms with Crippen molar-refractivity contribution in [2.24, 2.45) is 5.73 Å². The monoisotopic (exact) mass is 250 g/mol. The number of hydrogen-bond acceptors (Lipinski definition) is 5. The number of carboxylic acids is 1. The van der Waals surface area contributed by atoms with Crippen LogP contribution in [-0.2, 0) is 9.59 Å². The minimum absolute atomic E-state index is 0.471. The zero-order valence-corrected chi connectivity index (χ0v) is 10.2. The predicted molar refractivity (Wildman–Crippen MR) is 62.2 cm³/mol. The van der Waals surface area contributed by atoms with Gasteiger partial charge in [-0.2, -0.15) is 11.8 Å². The van der Waals surface area contributed by atoms with Gasteiger partial charge in [0.15, 0.2) is 6.04 Å². The average molecular weight is 250 g/mol. The first-order valence-corrected chi connectivity index (χ1v) is 6.25. The summed E-state index contributed by atoms with van der Waals surface area (Å²) in [7, 11) is 0. The van der Waals surface area contributed by atoms with Crippen LogP contribution in [0, 0.1) is 0 Å². The van der Waals surface area contributed by atoms with Crippen LogP contribution in [0.4, 0.5) is 0 Å². The Kier molecular flexibility index (Phi) is 7.11. The number of rotatable bonds is 7. The molecule has 0 aromatic heterocycles. The number of nitrogens with two attached hydrogens (primary N) is 1. The molecule has 0 bridgehead atoms. The van der Waals surface area contributed by atoms with Gasteiger partial charge in [0.2, 0.25) is 5.91 Å². The van der Waals surface area contributed by atoms with Gasteiger partial charge >= 0.3 is 5.97 Å². The number of hydrogen-bond donors (Lipinski definition) is 4. The van der Waals surface area contributed by atoms with Crippen molar-refractivity contribution < 1.29 is 19.8 Å². The van der Waals surface area contributed by atoms with Crippen LogP contribution in [-0.4, -0.2) is 52.3 Å². The fourth-order valence-electron chi connectivity index (χ4n) is 1.02. The van der Waals surface area contributed by atoms with Gasteiger partial charge in [-0.1, -0.05) is 0 Å². The minimum atomic E-state index is -1.31. The van der Waals surface area contributed by atoms with Gasteiger partial charge in [0, 0.05) is 0 Å². The number of aliphatic carboxylic acids is 1. The maximum atomic E-state index is 11.4. The molecule has 3 unspecified atom stereocenters. The lowest BCUT2D eigenvalue weighted by molar-refractivity contribution is -0.145. The van der Waals surface area contributed by atoms with E-state index in [9.17, 15) is 9.59 Å². The zero-order chi connectivity index (χ0) is 12.7. The van der Waals surface area contributed by atoms with Crippen LogP contribution in [0.25, 0.3) is 0 Å². The fourth-order valence-corrected chi connectivity index (χ4v) is 1.51. The molecule has 7 heteroatoms. The molecule has 6 nitrogen and oxygen atoms in total. The molecule has 16 heavy (non-hydrogen) atoms. The van der Waals surface area contributed by atoms with Gasteiger partial charge in [-0.3, -0.25) is 4.79 Å². The summed E-state index contributed by atoms with van der Waals surface area (Å²) in [6.07, 6.45) is 1.20. The van der Waals surface area contributed by atoms with Crippen molar-refractivity contribution in [3.63, 3.8) is 0 Å². The van der Waals surface area contributed by atoms with Gasteiger partial charge in [0.25, 0.3) is 0 Å². The highest BCUT2D eigenvalue weighted by atomic mass is 32.2. The number of amides is 1. The van der Waals surface area contributed by atoms with Crippen LogP contribution >= 0.6 is 11.8 Å². The lowest BCUT2D eigenvalue weighted by Crippen LogP contribution is -2.52. The molecule has 0 fully saturated rings. The maximum Gasteiger partial charge on any atom is 0.328 e. The van der Waals surface area contributed by atoms with E-state index in [-0.39, 0.29) is 0 Å². The Hall–Kier alpha value is -0.790. The summed E-state index contributed by atoms with van der Waals surface area (Å²) in [6, 6.07) is -2.05. The summed E-state index contributed by atoms with van der Waals surface area (Å²) in [5, 5.41) is 20.1. The van der Waals surface area contributed by atoms with Crippen molar-refractivity contribution in [1.82, 2.24) is 5.32 Å². The van der Waals surface area contributed by atoms with E-state index in [0.717, 1.165) is 5.75 Å². The predicted octanol–water partition coefficient (Wildman–Crippen LogP) is -0.983. The van der Waals surface area contributed by atoms with Crippen LogP contribution in [0.3, 0.4) is 0 Å².